The van der Waals surface area contributed by atoms with Crippen LogP contribution in [0.15, 0.2) is 4.42 Å². The predicted octanol–water partition coefficient (Wildman–Crippen LogP) is 1.17. The molecule has 0 aromatic carbocycles. The summed E-state index contributed by atoms with van der Waals surface area (Å²) in [7, 11) is 0. The van der Waals surface area contributed by atoms with E-state index in [1.165, 1.54) is 0 Å². The SMILES string of the molecule is CCc1nnc(CN2CCC(N3CCC[C@H](C(=O)N4CCOCC4)C3)CC2)o1. The topological polar surface area (TPSA) is 74.9 Å². The highest BCUT2D eigenvalue weighted by Gasteiger charge is 2.34. The smallest absolute Gasteiger partial charge is 0.230 e. The van der Waals surface area contributed by atoms with E-state index in [4.69, 9.17) is 9.15 Å². The van der Waals surface area contributed by atoms with E-state index in [1.807, 2.05) is 11.8 Å². The van der Waals surface area contributed by atoms with Crippen LogP contribution in [0.5, 0.6) is 0 Å². The van der Waals surface area contributed by atoms with Crippen LogP contribution < -0.4 is 0 Å². The number of ether oxygens (including phenoxy) is 1. The minimum atomic E-state index is 0.163. The molecule has 0 unspecified atom stereocenters. The first kappa shape index (κ1) is 19.8. The Morgan fingerprint density at radius 1 is 1.04 bits per heavy atom. The number of likely N-dealkylation sites (tertiary alicyclic amines) is 2. The van der Waals surface area contributed by atoms with Crippen LogP contribution in [0, 0.1) is 5.92 Å². The molecule has 28 heavy (non-hydrogen) atoms. The van der Waals surface area contributed by atoms with Crippen LogP contribution in [0.1, 0.15) is 44.4 Å². The highest BCUT2D eigenvalue weighted by Crippen LogP contribution is 2.26. The first-order chi connectivity index (χ1) is 13.7. The lowest BCUT2D eigenvalue weighted by Crippen LogP contribution is -2.52. The van der Waals surface area contributed by atoms with Gasteiger partial charge in [0.2, 0.25) is 17.7 Å². The maximum absolute atomic E-state index is 12.9. The molecule has 1 amide bonds. The largest absolute Gasteiger partial charge is 0.424 e. The Hall–Kier alpha value is -1.51. The molecule has 4 heterocycles. The number of morpholine rings is 1. The number of carbonyl (C=O) groups excluding carboxylic acids is 1. The molecule has 0 spiro atoms. The Bertz CT molecular complexity index is 638. The van der Waals surface area contributed by atoms with Gasteiger partial charge in [-0.2, -0.15) is 0 Å². The zero-order valence-corrected chi connectivity index (χ0v) is 17.0. The van der Waals surface area contributed by atoms with Crippen LogP contribution in [0.2, 0.25) is 0 Å². The summed E-state index contributed by atoms with van der Waals surface area (Å²) >= 11 is 0. The summed E-state index contributed by atoms with van der Waals surface area (Å²) in [5.41, 5.74) is 0. The van der Waals surface area contributed by atoms with E-state index in [0.717, 1.165) is 83.8 Å². The number of aryl methyl sites for hydroxylation is 1. The third-order valence-corrected chi connectivity index (χ3v) is 6.37. The van der Waals surface area contributed by atoms with Gasteiger partial charge < -0.3 is 14.1 Å². The summed E-state index contributed by atoms with van der Waals surface area (Å²) in [6, 6.07) is 0.588. The molecule has 0 radical (unpaired) electrons. The number of amides is 1. The molecule has 0 saturated carbocycles. The van der Waals surface area contributed by atoms with Crippen LogP contribution in [0.4, 0.5) is 0 Å². The van der Waals surface area contributed by atoms with Gasteiger partial charge in [0.1, 0.15) is 0 Å². The summed E-state index contributed by atoms with van der Waals surface area (Å²) in [4.78, 5) is 19.9. The average Bonchev–Trinajstić information content (AvgIpc) is 3.22. The van der Waals surface area contributed by atoms with Crippen molar-refractivity contribution < 1.29 is 13.9 Å². The lowest BCUT2D eigenvalue weighted by molar-refractivity contribution is -0.142. The highest BCUT2D eigenvalue weighted by molar-refractivity contribution is 5.79. The summed E-state index contributed by atoms with van der Waals surface area (Å²) in [6.07, 6.45) is 5.24. The van der Waals surface area contributed by atoms with Gasteiger partial charge in [-0.1, -0.05) is 6.92 Å². The van der Waals surface area contributed by atoms with Gasteiger partial charge in [-0.25, -0.2) is 0 Å². The van der Waals surface area contributed by atoms with Gasteiger partial charge in [0.05, 0.1) is 25.7 Å². The van der Waals surface area contributed by atoms with Crippen molar-refractivity contribution in [2.45, 2.75) is 51.6 Å². The van der Waals surface area contributed by atoms with Crippen molar-refractivity contribution in [2.24, 2.45) is 5.92 Å². The van der Waals surface area contributed by atoms with Crippen molar-refractivity contribution in [1.82, 2.24) is 24.9 Å². The standard InChI is InChI=1S/C20H33N5O3/c1-2-18-21-22-19(28-18)15-23-8-5-17(6-9-23)25-7-3-4-16(14-25)20(26)24-10-12-27-13-11-24/h16-17H,2-15H2,1H3/t16-/m0/s1. The van der Waals surface area contributed by atoms with Gasteiger partial charge in [-0.05, 0) is 32.2 Å². The first-order valence-corrected chi connectivity index (χ1v) is 10.9. The highest BCUT2D eigenvalue weighted by atomic mass is 16.5. The third-order valence-electron chi connectivity index (χ3n) is 6.37. The number of rotatable bonds is 5. The molecule has 8 heteroatoms. The fraction of sp³-hybridized carbons (Fsp3) is 0.850. The van der Waals surface area contributed by atoms with Crippen LogP contribution in [-0.4, -0.2) is 89.3 Å². The third kappa shape index (κ3) is 4.72. The second kappa shape index (κ2) is 9.33. The summed E-state index contributed by atoms with van der Waals surface area (Å²) in [5, 5.41) is 8.20. The van der Waals surface area contributed by atoms with Crippen LogP contribution >= 0.6 is 0 Å². The molecule has 0 bridgehead atoms. The van der Waals surface area contributed by atoms with Crippen LogP contribution in [0.25, 0.3) is 0 Å². The van der Waals surface area contributed by atoms with E-state index in [-0.39, 0.29) is 5.92 Å². The van der Waals surface area contributed by atoms with E-state index >= 15 is 0 Å². The molecule has 0 aliphatic carbocycles. The van der Waals surface area contributed by atoms with Crippen molar-refractivity contribution >= 4 is 5.91 Å². The maximum atomic E-state index is 12.9. The molecule has 156 valence electrons. The molecule has 3 aliphatic heterocycles. The van der Waals surface area contributed by atoms with Crippen LogP contribution in [0.3, 0.4) is 0 Å². The van der Waals surface area contributed by atoms with E-state index in [0.29, 0.717) is 31.1 Å². The van der Waals surface area contributed by atoms with Crippen molar-refractivity contribution in [3.63, 3.8) is 0 Å². The average molecular weight is 392 g/mol. The molecule has 4 rings (SSSR count). The Labute approximate surface area is 167 Å². The quantitative estimate of drug-likeness (QED) is 0.746. The summed E-state index contributed by atoms with van der Waals surface area (Å²) in [6.45, 7) is 9.79. The van der Waals surface area contributed by atoms with Gasteiger partial charge in [0.15, 0.2) is 0 Å². The number of piperidine rings is 2. The molecule has 1 aromatic heterocycles. The Morgan fingerprint density at radius 2 is 1.79 bits per heavy atom. The van der Waals surface area contributed by atoms with Crippen LogP contribution in [-0.2, 0) is 22.5 Å². The summed E-state index contributed by atoms with van der Waals surface area (Å²) < 4.78 is 11.0. The summed E-state index contributed by atoms with van der Waals surface area (Å²) in [5.74, 6) is 1.95. The molecule has 1 aromatic rings. The number of carbonyl (C=O) groups is 1. The first-order valence-electron chi connectivity index (χ1n) is 10.9. The molecule has 3 saturated heterocycles. The lowest BCUT2D eigenvalue weighted by atomic mass is 9.92. The predicted molar refractivity (Wildman–Crippen MR) is 104 cm³/mol. The van der Waals surface area contributed by atoms with Crippen molar-refractivity contribution in [1.29, 1.82) is 0 Å². The number of aromatic nitrogens is 2. The second-order valence-corrected chi connectivity index (χ2v) is 8.22. The fourth-order valence-electron chi connectivity index (χ4n) is 4.71. The second-order valence-electron chi connectivity index (χ2n) is 8.22. The van der Waals surface area contributed by atoms with Crippen molar-refractivity contribution in [3.8, 4) is 0 Å². The van der Waals surface area contributed by atoms with Crippen molar-refractivity contribution in [2.75, 3.05) is 52.5 Å². The zero-order chi connectivity index (χ0) is 19.3. The van der Waals surface area contributed by atoms with Gasteiger partial charge in [-0.3, -0.25) is 14.6 Å². The fourth-order valence-corrected chi connectivity index (χ4v) is 4.71. The van der Waals surface area contributed by atoms with Gasteiger partial charge in [0.25, 0.3) is 0 Å². The molecule has 1 atom stereocenters. The molecule has 8 nitrogen and oxygen atoms in total. The van der Waals surface area contributed by atoms with E-state index in [9.17, 15) is 4.79 Å². The zero-order valence-electron chi connectivity index (χ0n) is 17.0. The minimum Gasteiger partial charge on any atom is -0.424 e. The number of nitrogens with zero attached hydrogens (tertiary/aromatic N) is 5. The Kier molecular flexibility index (Phi) is 6.59. The van der Waals surface area contributed by atoms with E-state index < -0.39 is 0 Å². The molecule has 3 aliphatic rings. The lowest BCUT2D eigenvalue weighted by Gasteiger charge is -2.42. The van der Waals surface area contributed by atoms with Gasteiger partial charge in [-0.15, -0.1) is 10.2 Å². The normalized spacial score (nSPS) is 25.9. The van der Waals surface area contributed by atoms with E-state index in [1.54, 1.807) is 0 Å². The molecular formula is C20H33N5O3. The van der Waals surface area contributed by atoms with Crippen molar-refractivity contribution in [3.05, 3.63) is 11.8 Å². The van der Waals surface area contributed by atoms with E-state index in [2.05, 4.69) is 20.0 Å². The van der Waals surface area contributed by atoms with Gasteiger partial charge >= 0.3 is 0 Å². The Morgan fingerprint density at radius 3 is 2.50 bits per heavy atom. The number of hydrogen-bond donors (Lipinski definition) is 0. The minimum absolute atomic E-state index is 0.163. The monoisotopic (exact) mass is 391 g/mol. The molecule has 3 fully saturated rings. The Balaban J connectivity index is 1.25. The number of hydrogen-bond acceptors (Lipinski definition) is 7. The van der Waals surface area contributed by atoms with Gasteiger partial charge in [0, 0.05) is 45.2 Å². The molecular weight excluding hydrogens is 358 g/mol. The maximum Gasteiger partial charge on any atom is 0.230 e. The molecule has 0 N–H and O–H groups in total.